The summed E-state index contributed by atoms with van der Waals surface area (Å²) >= 11 is 0. The van der Waals surface area contributed by atoms with Gasteiger partial charge in [-0.25, -0.2) is 4.79 Å². The molecule has 4 aliphatic carbocycles. The number of esters is 1. The molecule has 1 N–H and O–H groups in total. The molecule has 34 heavy (non-hydrogen) atoms. The molecule has 8 atom stereocenters. The number of carbonyl (C=O) groups is 1. The fourth-order valence-corrected chi connectivity index (χ4v) is 8.86. The molecule has 184 valence electrons. The highest BCUT2D eigenvalue weighted by atomic mass is 16.5. The van der Waals surface area contributed by atoms with Gasteiger partial charge in [0.25, 0.3) is 0 Å². The van der Waals surface area contributed by atoms with Gasteiger partial charge in [0, 0.05) is 6.07 Å². The first-order valence-corrected chi connectivity index (χ1v) is 13.6. The predicted octanol–water partition coefficient (Wildman–Crippen LogP) is 5.35. The lowest BCUT2D eigenvalue weighted by molar-refractivity contribution is -0.159. The van der Waals surface area contributed by atoms with Crippen LogP contribution in [-0.2, 0) is 9.53 Å². The molecule has 0 unspecified atom stereocenters. The van der Waals surface area contributed by atoms with Gasteiger partial charge in [-0.1, -0.05) is 25.5 Å². The molecule has 2 heterocycles. The molecule has 0 radical (unpaired) electrons. The topological polar surface area (TPSA) is 68.5 Å². The first-order chi connectivity index (χ1) is 16.4. The van der Waals surface area contributed by atoms with E-state index in [0.717, 1.165) is 44.6 Å². The van der Waals surface area contributed by atoms with E-state index in [-0.39, 0.29) is 29.2 Å². The summed E-state index contributed by atoms with van der Waals surface area (Å²) < 4.78 is 11.3. The van der Waals surface area contributed by atoms with Gasteiger partial charge in [-0.05, 0) is 117 Å². The van der Waals surface area contributed by atoms with E-state index >= 15 is 0 Å². The smallest absolute Gasteiger partial charge is 0.335 e. The van der Waals surface area contributed by atoms with Gasteiger partial charge in [0.2, 0.25) is 0 Å². The zero-order valence-corrected chi connectivity index (χ0v) is 20.7. The minimum absolute atomic E-state index is 0.0212. The lowest BCUT2D eigenvalue weighted by Crippen LogP contribution is -2.52. The third-order valence-electron chi connectivity index (χ3n) is 10.8. The lowest BCUT2D eigenvalue weighted by atomic mass is 9.46. The molecular weight excluding hydrogens is 426 g/mol. The SMILES string of the molecule is C[C@]12CC[C@H](OC(=O)[C@@H]3CCCN3)C[C@H]1CC[C@H]1C3=CC[C@H](c4ccc(=O)oc4)[C@@]3(C)CC[C@@H]12. The van der Waals surface area contributed by atoms with Crippen LogP contribution in [0.3, 0.4) is 0 Å². The van der Waals surface area contributed by atoms with Gasteiger partial charge >= 0.3 is 11.6 Å². The van der Waals surface area contributed by atoms with Gasteiger partial charge in [-0.15, -0.1) is 0 Å². The predicted molar refractivity (Wildman–Crippen MR) is 130 cm³/mol. The molecule has 1 aromatic heterocycles. The maximum Gasteiger partial charge on any atom is 0.335 e. The molecule has 6 rings (SSSR count). The standard InChI is InChI=1S/C29H39NO4/c1-28-13-11-20(34-27(32)25-4-3-15-30-25)16-19(28)6-7-21-23-9-8-22(18-5-10-26(31)33-17-18)29(23,2)14-12-24(21)28/h5,9-10,17,19-22,24-25,30H,3-4,6-8,11-16H2,1-2H3/t19-,20+,21+,22-,24+,25+,28+,29-/m1/s1. The summed E-state index contributed by atoms with van der Waals surface area (Å²) in [6, 6.07) is 3.47. The second kappa shape index (κ2) is 8.36. The van der Waals surface area contributed by atoms with Gasteiger partial charge < -0.3 is 14.5 Å². The van der Waals surface area contributed by atoms with Crippen molar-refractivity contribution < 1.29 is 13.9 Å². The third-order valence-corrected chi connectivity index (χ3v) is 10.8. The van der Waals surface area contributed by atoms with E-state index in [1.54, 1.807) is 17.9 Å². The van der Waals surface area contributed by atoms with Crippen LogP contribution in [0.25, 0.3) is 0 Å². The number of hydrogen-bond acceptors (Lipinski definition) is 5. The summed E-state index contributed by atoms with van der Waals surface area (Å²) in [5.74, 6) is 2.45. The van der Waals surface area contributed by atoms with Crippen molar-refractivity contribution in [1.29, 1.82) is 0 Å². The van der Waals surface area contributed by atoms with Crippen molar-refractivity contribution in [3.8, 4) is 0 Å². The maximum atomic E-state index is 12.6. The van der Waals surface area contributed by atoms with Crippen molar-refractivity contribution in [3.63, 3.8) is 0 Å². The molecule has 0 aromatic carbocycles. The monoisotopic (exact) mass is 465 g/mol. The summed E-state index contributed by atoms with van der Waals surface area (Å²) in [6.45, 7) is 5.94. The van der Waals surface area contributed by atoms with E-state index in [2.05, 4.69) is 25.2 Å². The van der Waals surface area contributed by atoms with Crippen LogP contribution >= 0.6 is 0 Å². The van der Waals surface area contributed by atoms with Crippen LogP contribution in [0.2, 0.25) is 0 Å². The van der Waals surface area contributed by atoms with Gasteiger partial charge in [-0.2, -0.15) is 0 Å². The second-order valence-electron chi connectivity index (χ2n) is 12.3. The molecule has 0 spiro atoms. The molecule has 5 aliphatic rings. The number of allylic oxidation sites excluding steroid dienone is 2. The van der Waals surface area contributed by atoms with Crippen LogP contribution in [0.5, 0.6) is 0 Å². The summed E-state index contributed by atoms with van der Waals surface area (Å²) in [5, 5.41) is 3.29. The highest BCUT2D eigenvalue weighted by Crippen LogP contribution is 2.67. The quantitative estimate of drug-likeness (QED) is 0.481. The Kier molecular flexibility index (Phi) is 5.55. The van der Waals surface area contributed by atoms with Crippen molar-refractivity contribution in [2.75, 3.05) is 6.54 Å². The molecular formula is C29H39NO4. The van der Waals surface area contributed by atoms with Crippen LogP contribution in [0.15, 0.2) is 39.3 Å². The normalized spacial score (nSPS) is 43.4. The Morgan fingerprint density at radius 1 is 1.12 bits per heavy atom. The maximum absolute atomic E-state index is 12.6. The van der Waals surface area contributed by atoms with Crippen LogP contribution in [0.1, 0.15) is 89.5 Å². The van der Waals surface area contributed by atoms with E-state index in [0.29, 0.717) is 23.2 Å². The minimum Gasteiger partial charge on any atom is -0.461 e. The second-order valence-corrected chi connectivity index (χ2v) is 12.3. The van der Waals surface area contributed by atoms with Crippen molar-refractivity contribution in [1.82, 2.24) is 5.32 Å². The van der Waals surface area contributed by atoms with E-state index in [4.69, 9.17) is 9.15 Å². The van der Waals surface area contributed by atoms with Gasteiger partial charge in [0.1, 0.15) is 12.1 Å². The summed E-state index contributed by atoms with van der Waals surface area (Å²) in [7, 11) is 0. The average molecular weight is 466 g/mol. The first-order valence-electron chi connectivity index (χ1n) is 13.6. The number of rotatable bonds is 3. The molecule has 5 heteroatoms. The summed E-state index contributed by atoms with van der Waals surface area (Å²) in [6.07, 6.45) is 15.6. The van der Waals surface area contributed by atoms with Crippen LogP contribution in [0, 0.1) is 28.6 Å². The van der Waals surface area contributed by atoms with Crippen molar-refractivity contribution >= 4 is 5.97 Å². The fraction of sp³-hybridized carbons (Fsp3) is 0.724. The number of nitrogens with one attached hydrogen (secondary N) is 1. The Hall–Kier alpha value is -1.88. The highest BCUT2D eigenvalue weighted by molar-refractivity contribution is 5.76. The number of hydrogen-bond donors (Lipinski definition) is 1. The van der Waals surface area contributed by atoms with Crippen LogP contribution in [-0.4, -0.2) is 24.7 Å². The van der Waals surface area contributed by atoms with Crippen LogP contribution < -0.4 is 10.9 Å². The minimum atomic E-state index is -0.268. The van der Waals surface area contributed by atoms with Gasteiger partial charge in [0.05, 0.1) is 6.26 Å². The van der Waals surface area contributed by atoms with E-state index < -0.39 is 0 Å². The lowest BCUT2D eigenvalue weighted by Gasteiger charge is -2.59. The van der Waals surface area contributed by atoms with Crippen molar-refractivity contribution in [2.24, 2.45) is 28.6 Å². The Bertz CT molecular complexity index is 1020. The van der Waals surface area contributed by atoms with E-state index in [9.17, 15) is 9.59 Å². The number of carbonyl (C=O) groups excluding carboxylic acids is 1. The average Bonchev–Trinajstić information content (AvgIpc) is 3.48. The summed E-state index contributed by atoms with van der Waals surface area (Å²) in [4.78, 5) is 24.1. The highest BCUT2D eigenvalue weighted by Gasteiger charge is 2.58. The Labute approximate surface area is 202 Å². The van der Waals surface area contributed by atoms with Crippen molar-refractivity contribution in [3.05, 3.63) is 46.0 Å². The number of fused-ring (bicyclic) bond motifs is 5. The van der Waals surface area contributed by atoms with E-state index in [1.165, 1.54) is 37.7 Å². The van der Waals surface area contributed by atoms with Gasteiger partial charge in [0.15, 0.2) is 0 Å². The molecule has 0 bridgehead atoms. The largest absolute Gasteiger partial charge is 0.461 e. The van der Waals surface area contributed by atoms with Crippen molar-refractivity contribution in [2.45, 2.75) is 96.1 Å². The Morgan fingerprint density at radius 3 is 2.76 bits per heavy atom. The van der Waals surface area contributed by atoms with E-state index in [1.807, 2.05) is 6.07 Å². The molecule has 1 aromatic rings. The zero-order valence-electron chi connectivity index (χ0n) is 20.7. The summed E-state index contributed by atoms with van der Waals surface area (Å²) in [5.41, 5.74) is 3.10. The molecule has 5 nitrogen and oxygen atoms in total. The zero-order chi connectivity index (χ0) is 23.5. The Morgan fingerprint density at radius 2 is 2.00 bits per heavy atom. The Balaban J connectivity index is 1.16. The first kappa shape index (κ1) is 22.6. The molecule has 4 fully saturated rings. The number of ether oxygens (including phenoxy) is 1. The molecule has 1 aliphatic heterocycles. The molecule has 3 saturated carbocycles. The molecule has 0 amide bonds. The van der Waals surface area contributed by atoms with Gasteiger partial charge in [-0.3, -0.25) is 4.79 Å². The molecule has 1 saturated heterocycles. The third kappa shape index (κ3) is 3.53. The van der Waals surface area contributed by atoms with Crippen LogP contribution in [0.4, 0.5) is 0 Å². The fourth-order valence-electron chi connectivity index (χ4n) is 8.86.